The van der Waals surface area contributed by atoms with E-state index in [-0.39, 0.29) is 0 Å². The van der Waals surface area contributed by atoms with Crippen LogP contribution in [0, 0.1) is 0 Å². The average Bonchev–Trinajstić information content (AvgIpc) is 3.11. The van der Waals surface area contributed by atoms with Gasteiger partial charge >= 0.3 is 0 Å². The Hall–Kier alpha value is -0.380. The summed E-state index contributed by atoms with van der Waals surface area (Å²) in [7, 11) is 0. The summed E-state index contributed by atoms with van der Waals surface area (Å²) in [5, 5.41) is 5.73. The van der Waals surface area contributed by atoms with Crippen molar-refractivity contribution in [2.24, 2.45) is 0 Å². The van der Waals surface area contributed by atoms with Crippen molar-refractivity contribution >= 4 is 11.3 Å². The molecule has 3 rings (SSSR count). The molecule has 0 amide bonds. The van der Waals surface area contributed by atoms with Crippen LogP contribution in [0.15, 0.2) is 17.5 Å². The third-order valence-electron chi connectivity index (χ3n) is 3.95. The summed E-state index contributed by atoms with van der Waals surface area (Å²) in [4.78, 5) is 4.33. The Kier molecular flexibility index (Phi) is 3.79. The molecule has 2 fully saturated rings. The molecule has 1 saturated carbocycles. The van der Waals surface area contributed by atoms with Gasteiger partial charge in [-0.2, -0.15) is 0 Å². The number of thiophene rings is 1. The molecule has 3 heteroatoms. The molecule has 0 bridgehead atoms. The van der Waals surface area contributed by atoms with Crippen LogP contribution in [0.1, 0.15) is 37.0 Å². The molecule has 1 unspecified atom stereocenters. The Balaban J connectivity index is 1.66. The Bertz CT molecular complexity index is 324. The zero-order chi connectivity index (χ0) is 11.5. The van der Waals surface area contributed by atoms with Gasteiger partial charge in [-0.15, -0.1) is 11.3 Å². The van der Waals surface area contributed by atoms with Crippen LogP contribution in [-0.2, 0) is 6.54 Å². The average molecular weight is 250 g/mol. The van der Waals surface area contributed by atoms with Crippen LogP contribution in [0.2, 0.25) is 0 Å². The maximum atomic E-state index is 3.53. The van der Waals surface area contributed by atoms with Crippen molar-refractivity contribution in [3.05, 3.63) is 22.4 Å². The fourth-order valence-corrected chi connectivity index (χ4v) is 3.59. The maximum Gasteiger partial charge on any atom is 0.0333 e. The number of hydrogen-bond donors (Lipinski definition) is 1. The van der Waals surface area contributed by atoms with E-state index in [1.807, 2.05) is 11.3 Å². The number of nitrogens with one attached hydrogen (secondary N) is 1. The molecule has 1 N–H and O–H groups in total. The van der Waals surface area contributed by atoms with Crippen LogP contribution < -0.4 is 5.32 Å². The van der Waals surface area contributed by atoms with E-state index in [4.69, 9.17) is 0 Å². The molecule has 2 heterocycles. The minimum absolute atomic E-state index is 0.819. The molecule has 2 aliphatic rings. The second-order valence-corrected chi connectivity index (χ2v) is 6.35. The topological polar surface area (TPSA) is 15.3 Å². The van der Waals surface area contributed by atoms with Gasteiger partial charge in [0.15, 0.2) is 0 Å². The van der Waals surface area contributed by atoms with Gasteiger partial charge < -0.3 is 5.32 Å². The fraction of sp³-hybridized carbons (Fsp3) is 0.714. The summed E-state index contributed by atoms with van der Waals surface area (Å²) in [5.74, 6) is 0. The van der Waals surface area contributed by atoms with E-state index >= 15 is 0 Å². The van der Waals surface area contributed by atoms with E-state index in [1.165, 1.54) is 56.6 Å². The van der Waals surface area contributed by atoms with E-state index in [2.05, 4.69) is 27.7 Å². The Labute approximate surface area is 108 Å². The third-order valence-corrected chi connectivity index (χ3v) is 4.81. The molecule has 0 spiro atoms. The predicted octanol–water partition coefficient (Wildman–Crippen LogP) is 2.85. The zero-order valence-electron chi connectivity index (χ0n) is 10.4. The third kappa shape index (κ3) is 3.09. The van der Waals surface area contributed by atoms with Crippen molar-refractivity contribution < 1.29 is 0 Å². The molecule has 1 saturated heterocycles. The number of rotatable bonds is 4. The van der Waals surface area contributed by atoms with Crippen molar-refractivity contribution in [1.29, 1.82) is 0 Å². The lowest BCUT2D eigenvalue weighted by molar-refractivity contribution is 0.164. The summed E-state index contributed by atoms with van der Waals surface area (Å²) in [6.07, 6.45) is 6.92. The summed E-state index contributed by atoms with van der Waals surface area (Å²) < 4.78 is 0. The molecular formula is C14H22N2S. The lowest BCUT2D eigenvalue weighted by atomic mass is 10.1. The van der Waals surface area contributed by atoms with Gasteiger partial charge in [0.05, 0.1) is 0 Å². The Morgan fingerprint density at radius 2 is 2.06 bits per heavy atom. The molecule has 1 aromatic heterocycles. The molecular weight excluding hydrogens is 228 g/mol. The van der Waals surface area contributed by atoms with Crippen LogP contribution in [0.4, 0.5) is 0 Å². The van der Waals surface area contributed by atoms with E-state index in [9.17, 15) is 0 Å². The van der Waals surface area contributed by atoms with Crippen LogP contribution in [-0.4, -0.2) is 30.1 Å². The van der Waals surface area contributed by atoms with Gasteiger partial charge in [-0.3, -0.25) is 4.90 Å². The van der Waals surface area contributed by atoms with Gasteiger partial charge in [0.25, 0.3) is 0 Å². The molecule has 17 heavy (non-hydrogen) atoms. The Morgan fingerprint density at radius 3 is 2.82 bits per heavy atom. The van der Waals surface area contributed by atoms with Crippen molar-refractivity contribution in [3.63, 3.8) is 0 Å². The van der Waals surface area contributed by atoms with Gasteiger partial charge in [0.1, 0.15) is 0 Å². The standard InChI is InChI=1S/C14H22N2S/c1-3-12(7-9-15-8-1)16(13-5-6-13)11-14-4-2-10-17-14/h2,4,10,12-13,15H,1,3,5-9,11H2. The van der Waals surface area contributed by atoms with Crippen molar-refractivity contribution in [2.45, 2.75) is 50.7 Å². The van der Waals surface area contributed by atoms with E-state index in [0.29, 0.717) is 0 Å². The van der Waals surface area contributed by atoms with Gasteiger partial charge in [-0.25, -0.2) is 0 Å². The molecule has 1 aliphatic heterocycles. The van der Waals surface area contributed by atoms with Crippen LogP contribution >= 0.6 is 11.3 Å². The lowest BCUT2D eigenvalue weighted by Crippen LogP contribution is -2.37. The van der Waals surface area contributed by atoms with Gasteiger partial charge in [-0.1, -0.05) is 6.07 Å². The minimum Gasteiger partial charge on any atom is -0.317 e. The molecule has 1 atom stereocenters. The van der Waals surface area contributed by atoms with Gasteiger partial charge in [0, 0.05) is 23.5 Å². The summed E-state index contributed by atoms with van der Waals surface area (Å²) in [6, 6.07) is 6.18. The minimum atomic E-state index is 0.819. The van der Waals surface area contributed by atoms with Crippen molar-refractivity contribution in [2.75, 3.05) is 13.1 Å². The highest BCUT2D eigenvalue weighted by atomic mass is 32.1. The SMILES string of the molecule is c1csc(CN(C2CCCNCC2)C2CC2)c1. The predicted molar refractivity (Wildman–Crippen MR) is 73.4 cm³/mol. The molecule has 94 valence electrons. The zero-order valence-corrected chi connectivity index (χ0v) is 11.2. The van der Waals surface area contributed by atoms with E-state index in [1.54, 1.807) is 0 Å². The Morgan fingerprint density at radius 1 is 1.18 bits per heavy atom. The highest BCUT2D eigenvalue weighted by Gasteiger charge is 2.33. The number of hydrogen-bond acceptors (Lipinski definition) is 3. The first-order valence-corrected chi connectivity index (χ1v) is 7.80. The van der Waals surface area contributed by atoms with E-state index in [0.717, 1.165) is 12.1 Å². The second kappa shape index (κ2) is 5.51. The molecule has 2 nitrogen and oxygen atoms in total. The monoisotopic (exact) mass is 250 g/mol. The molecule has 0 radical (unpaired) electrons. The summed E-state index contributed by atoms with van der Waals surface area (Å²) in [5.41, 5.74) is 0. The first kappa shape index (κ1) is 11.7. The molecule has 1 aromatic rings. The van der Waals surface area contributed by atoms with Crippen molar-refractivity contribution in [3.8, 4) is 0 Å². The van der Waals surface area contributed by atoms with E-state index < -0.39 is 0 Å². The fourth-order valence-electron chi connectivity index (χ4n) is 2.88. The maximum absolute atomic E-state index is 3.53. The van der Waals surface area contributed by atoms with Gasteiger partial charge in [-0.05, 0) is 56.6 Å². The first-order chi connectivity index (χ1) is 8.43. The van der Waals surface area contributed by atoms with Crippen LogP contribution in [0.25, 0.3) is 0 Å². The molecule has 1 aliphatic carbocycles. The summed E-state index contributed by atoms with van der Waals surface area (Å²) >= 11 is 1.91. The van der Waals surface area contributed by atoms with Crippen LogP contribution in [0.3, 0.4) is 0 Å². The summed E-state index contributed by atoms with van der Waals surface area (Å²) in [6.45, 7) is 3.61. The van der Waals surface area contributed by atoms with Crippen LogP contribution in [0.5, 0.6) is 0 Å². The number of nitrogens with zero attached hydrogens (tertiary/aromatic N) is 1. The second-order valence-electron chi connectivity index (χ2n) is 5.32. The molecule has 0 aromatic carbocycles. The largest absolute Gasteiger partial charge is 0.317 e. The highest BCUT2D eigenvalue weighted by molar-refractivity contribution is 7.09. The normalized spacial score (nSPS) is 26.1. The smallest absolute Gasteiger partial charge is 0.0333 e. The quantitative estimate of drug-likeness (QED) is 0.884. The van der Waals surface area contributed by atoms with Crippen molar-refractivity contribution in [1.82, 2.24) is 10.2 Å². The lowest BCUT2D eigenvalue weighted by Gasteiger charge is -2.30. The first-order valence-electron chi connectivity index (χ1n) is 6.92. The van der Waals surface area contributed by atoms with Gasteiger partial charge in [0.2, 0.25) is 0 Å². The highest BCUT2D eigenvalue weighted by Crippen LogP contribution is 2.33.